The third kappa shape index (κ3) is 4.24. The molecule has 1 heterocycles. The molecule has 4 aliphatic carbocycles. The average molecular weight is 444 g/mol. The van der Waals surface area contributed by atoms with Crippen LogP contribution in [-0.4, -0.2) is 35.0 Å². The van der Waals surface area contributed by atoms with E-state index in [2.05, 4.69) is 15.6 Å². The number of amides is 2. The van der Waals surface area contributed by atoms with Gasteiger partial charge in [-0.3, -0.25) is 14.6 Å². The molecule has 2 N–H and O–H groups in total. The zero-order valence-corrected chi connectivity index (χ0v) is 17.6. The van der Waals surface area contributed by atoms with Gasteiger partial charge in [-0.05, 0) is 67.7 Å². The topological polar surface area (TPSA) is 80.3 Å². The minimum atomic E-state index is -0.592. The summed E-state index contributed by atoms with van der Waals surface area (Å²) in [5, 5.41) is 6.12. The SMILES string of the molecule is O=C(COc1ccc(Cl)c(F)c1)NC1CC2(NC(=O)c3ccc(C4CC4)cn3)CC1C2. The second kappa shape index (κ2) is 7.79. The lowest BCUT2D eigenvalue weighted by Crippen LogP contribution is -2.52. The first kappa shape index (κ1) is 20.2. The van der Waals surface area contributed by atoms with Gasteiger partial charge in [0.2, 0.25) is 0 Å². The maximum Gasteiger partial charge on any atom is 0.270 e. The van der Waals surface area contributed by atoms with Crippen molar-refractivity contribution < 1.29 is 18.7 Å². The number of ether oxygens (including phenoxy) is 1. The number of carbonyl (C=O) groups is 2. The monoisotopic (exact) mass is 443 g/mol. The highest BCUT2D eigenvalue weighted by Crippen LogP contribution is 2.52. The lowest BCUT2D eigenvalue weighted by atomic mass is 9.76. The minimum Gasteiger partial charge on any atom is -0.484 e. The van der Waals surface area contributed by atoms with E-state index in [1.165, 1.54) is 30.5 Å². The molecule has 162 valence electrons. The van der Waals surface area contributed by atoms with Crippen LogP contribution in [0.1, 0.15) is 54.1 Å². The van der Waals surface area contributed by atoms with Gasteiger partial charge in [-0.25, -0.2) is 4.39 Å². The highest BCUT2D eigenvalue weighted by atomic mass is 35.5. The molecular formula is C23H23ClFN3O3. The molecule has 0 radical (unpaired) electrons. The Morgan fingerprint density at radius 1 is 1.19 bits per heavy atom. The standard InChI is InChI=1S/C23H23ClFN3O3/c24-17-5-4-16(7-18(17)25)31-12-21(29)27-20-10-23(8-15(20)9-23)28-22(30)19-6-3-14(11-26-19)13-1-2-13/h3-7,11,13,15,20H,1-2,8-10,12H2,(H,27,29)(H,28,30). The summed E-state index contributed by atoms with van der Waals surface area (Å²) >= 11 is 5.64. The van der Waals surface area contributed by atoms with Crippen LogP contribution >= 0.6 is 11.6 Å². The number of rotatable bonds is 7. The largest absolute Gasteiger partial charge is 0.484 e. The lowest BCUT2D eigenvalue weighted by molar-refractivity contribution is -0.124. The minimum absolute atomic E-state index is 0.00364. The molecule has 8 heteroatoms. The maximum absolute atomic E-state index is 13.5. The zero-order chi connectivity index (χ0) is 21.6. The fourth-order valence-corrected chi connectivity index (χ4v) is 4.89. The van der Waals surface area contributed by atoms with Crippen molar-refractivity contribution >= 4 is 23.4 Å². The van der Waals surface area contributed by atoms with Gasteiger partial charge >= 0.3 is 0 Å². The van der Waals surface area contributed by atoms with Crippen LogP contribution in [0.4, 0.5) is 4.39 Å². The highest BCUT2D eigenvalue weighted by molar-refractivity contribution is 6.30. The predicted octanol–water partition coefficient (Wildman–Crippen LogP) is 3.60. The Hall–Kier alpha value is -2.67. The smallest absolute Gasteiger partial charge is 0.270 e. The van der Waals surface area contributed by atoms with E-state index in [-0.39, 0.29) is 40.8 Å². The molecule has 0 saturated heterocycles. The molecule has 6 nitrogen and oxygen atoms in total. The number of nitrogens with one attached hydrogen (secondary N) is 2. The molecule has 1 aromatic heterocycles. The van der Waals surface area contributed by atoms with Crippen LogP contribution in [0.2, 0.25) is 5.02 Å². The molecule has 2 bridgehead atoms. The second-order valence-corrected chi connectivity index (χ2v) is 9.30. The number of halogens is 2. The molecule has 0 spiro atoms. The van der Waals surface area contributed by atoms with Crippen molar-refractivity contribution in [2.24, 2.45) is 5.92 Å². The third-order valence-electron chi connectivity index (χ3n) is 6.54. The molecule has 1 atom stereocenters. The number of carbonyl (C=O) groups excluding carboxylic acids is 2. The summed E-state index contributed by atoms with van der Waals surface area (Å²) < 4.78 is 18.8. The summed E-state index contributed by atoms with van der Waals surface area (Å²) in [5.41, 5.74) is 1.35. The van der Waals surface area contributed by atoms with Crippen molar-refractivity contribution in [3.8, 4) is 5.75 Å². The molecule has 4 saturated carbocycles. The molecular weight excluding hydrogens is 421 g/mol. The van der Waals surface area contributed by atoms with Gasteiger partial charge in [0.05, 0.1) is 5.02 Å². The first-order chi connectivity index (χ1) is 14.9. The van der Waals surface area contributed by atoms with Gasteiger partial charge in [0, 0.05) is 23.8 Å². The number of benzene rings is 1. The average Bonchev–Trinajstić information content (AvgIpc) is 3.46. The summed E-state index contributed by atoms with van der Waals surface area (Å²) in [5.74, 6) is 0.162. The fraction of sp³-hybridized carbons (Fsp3) is 0.435. The van der Waals surface area contributed by atoms with Crippen LogP contribution in [-0.2, 0) is 4.79 Å². The number of fused-ring (bicyclic) bond motifs is 1. The molecule has 2 aromatic rings. The summed E-state index contributed by atoms with van der Waals surface area (Å²) in [4.78, 5) is 29.3. The molecule has 1 aromatic carbocycles. The fourth-order valence-electron chi connectivity index (χ4n) is 4.77. The van der Waals surface area contributed by atoms with E-state index in [9.17, 15) is 14.0 Å². The van der Waals surface area contributed by atoms with Crippen molar-refractivity contribution in [1.29, 1.82) is 0 Å². The Balaban J connectivity index is 1.11. The molecule has 0 aliphatic heterocycles. The van der Waals surface area contributed by atoms with Crippen LogP contribution in [0, 0.1) is 11.7 Å². The van der Waals surface area contributed by atoms with E-state index in [1.54, 1.807) is 12.3 Å². The number of hydrogen-bond donors (Lipinski definition) is 2. The highest BCUT2D eigenvalue weighted by Gasteiger charge is 2.57. The maximum atomic E-state index is 13.5. The van der Waals surface area contributed by atoms with Gasteiger partial charge in [-0.2, -0.15) is 0 Å². The van der Waals surface area contributed by atoms with Gasteiger partial charge in [0.1, 0.15) is 17.3 Å². The number of nitrogens with zero attached hydrogens (tertiary/aromatic N) is 1. The predicted molar refractivity (Wildman–Crippen MR) is 113 cm³/mol. The summed E-state index contributed by atoms with van der Waals surface area (Å²) in [6, 6.07) is 7.82. The van der Waals surface area contributed by atoms with E-state index >= 15 is 0 Å². The molecule has 1 unspecified atom stereocenters. The van der Waals surface area contributed by atoms with E-state index in [0.29, 0.717) is 24.0 Å². The van der Waals surface area contributed by atoms with Gasteiger partial charge < -0.3 is 15.4 Å². The van der Waals surface area contributed by atoms with E-state index in [1.807, 2.05) is 6.07 Å². The number of pyridine rings is 1. The van der Waals surface area contributed by atoms with Crippen LogP contribution < -0.4 is 15.4 Å². The van der Waals surface area contributed by atoms with Gasteiger partial charge in [-0.1, -0.05) is 17.7 Å². The van der Waals surface area contributed by atoms with Crippen molar-refractivity contribution in [2.45, 2.75) is 49.6 Å². The van der Waals surface area contributed by atoms with E-state index in [4.69, 9.17) is 16.3 Å². The summed E-state index contributed by atoms with van der Waals surface area (Å²) in [7, 11) is 0. The van der Waals surface area contributed by atoms with Crippen LogP contribution in [0.25, 0.3) is 0 Å². The van der Waals surface area contributed by atoms with Gasteiger partial charge in [0.25, 0.3) is 11.8 Å². The van der Waals surface area contributed by atoms with Crippen molar-refractivity contribution in [3.05, 3.63) is 58.6 Å². The van der Waals surface area contributed by atoms with Crippen molar-refractivity contribution in [3.63, 3.8) is 0 Å². The van der Waals surface area contributed by atoms with Crippen molar-refractivity contribution in [2.75, 3.05) is 6.61 Å². The van der Waals surface area contributed by atoms with Crippen LogP contribution in [0.3, 0.4) is 0 Å². The third-order valence-corrected chi connectivity index (χ3v) is 6.85. The Morgan fingerprint density at radius 2 is 2.00 bits per heavy atom. The van der Waals surface area contributed by atoms with Gasteiger partial charge in [0.15, 0.2) is 6.61 Å². The summed E-state index contributed by atoms with van der Waals surface area (Å²) in [6.07, 6.45) is 6.57. The molecule has 4 fully saturated rings. The molecule has 6 rings (SSSR count). The lowest BCUT2D eigenvalue weighted by Gasteiger charge is -2.39. The number of hydrogen-bond acceptors (Lipinski definition) is 4. The Labute approximate surface area is 184 Å². The first-order valence-corrected chi connectivity index (χ1v) is 10.9. The zero-order valence-electron chi connectivity index (χ0n) is 16.9. The van der Waals surface area contributed by atoms with Gasteiger partial charge in [-0.15, -0.1) is 0 Å². The first-order valence-electron chi connectivity index (χ1n) is 10.6. The van der Waals surface area contributed by atoms with Crippen LogP contribution in [0.15, 0.2) is 36.5 Å². The Morgan fingerprint density at radius 3 is 2.68 bits per heavy atom. The molecule has 2 amide bonds. The quantitative estimate of drug-likeness (QED) is 0.685. The Kier molecular flexibility index (Phi) is 5.08. The second-order valence-electron chi connectivity index (χ2n) is 8.90. The Bertz CT molecular complexity index is 1020. The van der Waals surface area contributed by atoms with E-state index in [0.717, 1.165) is 18.9 Å². The normalized spacial score (nSPS) is 26.1. The van der Waals surface area contributed by atoms with E-state index < -0.39 is 5.82 Å². The van der Waals surface area contributed by atoms with Crippen molar-refractivity contribution in [1.82, 2.24) is 15.6 Å². The summed E-state index contributed by atoms with van der Waals surface area (Å²) in [6.45, 7) is -0.207. The van der Waals surface area contributed by atoms with Crippen LogP contribution in [0.5, 0.6) is 5.75 Å². The number of aromatic nitrogens is 1. The molecule has 31 heavy (non-hydrogen) atoms. The molecule has 4 aliphatic rings.